The van der Waals surface area contributed by atoms with E-state index in [1.54, 1.807) is 0 Å². The molecule has 0 amide bonds. The molecule has 140 valence electrons. The molecule has 1 atom stereocenters. The molecular weight excluding hydrogens is 342 g/mol. The van der Waals surface area contributed by atoms with Gasteiger partial charge in [-0.15, -0.1) is 12.4 Å². The molecule has 1 aliphatic heterocycles. The van der Waals surface area contributed by atoms with Crippen molar-refractivity contribution in [1.29, 1.82) is 0 Å². The number of ketones is 1. The number of piperidine rings is 1. The first-order valence-corrected chi connectivity index (χ1v) is 9.97. The first-order valence-electron chi connectivity index (χ1n) is 9.97. The van der Waals surface area contributed by atoms with Crippen LogP contribution in [-0.4, -0.2) is 29.8 Å². The van der Waals surface area contributed by atoms with E-state index in [1.807, 2.05) is 0 Å². The fraction of sp³-hybridized carbons (Fsp3) is 0.522. The number of benzene rings is 1. The minimum absolute atomic E-state index is 0. The molecule has 3 aliphatic rings. The second kappa shape index (κ2) is 8.54. The number of carbonyl (C=O) groups is 1. The Morgan fingerprint density at radius 1 is 1.08 bits per heavy atom. The van der Waals surface area contributed by atoms with E-state index in [-0.39, 0.29) is 18.3 Å². The van der Waals surface area contributed by atoms with Crippen molar-refractivity contribution >= 4 is 30.3 Å². The smallest absolute Gasteiger partial charge is 0.163 e. The van der Waals surface area contributed by atoms with Crippen LogP contribution in [0.4, 0.5) is 0 Å². The molecule has 1 unspecified atom stereocenters. The Bertz CT molecular complexity index is 715. The number of carbonyl (C=O) groups excluding carboxylic acids is 1. The van der Waals surface area contributed by atoms with E-state index >= 15 is 0 Å². The summed E-state index contributed by atoms with van der Waals surface area (Å²) in [6.07, 6.45) is 14.9. The summed E-state index contributed by atoms with van der Waals surface area (Å²) in [4.78, 5) is 15.8. The molecule has 0 aromatic heterocycles. The van der Waals surface area contributed by atoms with Gasteiger partial charge in [-0.3, -0.25) is 9.69 Å². The third-order valence-electron chi connectivity index (χ3n) is 6.19. The topological polar surface area (TPSA) is 20.3 Å². The molecule has 2 fully saturated rings. The number of allylic oxidation sites excluding steroid dienone is 2. The van der Waals surface area contributed by atoms with Gasteiger partial charge in [0.1, 0.15) is 0 Å². The Hall–Kier alpha value is -1.38. The standard InChI is InChI=1S/C23H29NO.ClH/c1-17-11-12-19-15-20(7-4-6-18(19)14-17)23(25)21-8-5-13-24(16-21)22-9-2-3-10-22;/h4,6,11-12,14-15,21-22H,2-3,5,7-10,13,16H2,1H3;1H. The van der Waals surface area contributed by atoms with Gasteiger partial charge in [0.25, 0.3) is 0 Å². The van der Waals surface area contributed by atoms with Crippen molar-refractivity contribution in [3.05, 3.63) is 46.5 Å². The van der Waals surface area contributed by atoms with Crippen LogP contribution < -0.4 is 0 Å². The van der Waals surface area contributed by atoms with Crippen molar-refractivity contribution < 1.29 is 4.79 Å². The van der Waals surface area contributed by atoms with Crippen molar-refractivity contribution in [3.8, 4) is 0 Å². The number of rotatable bonds is 3. The van der Waals surface area contributed by atoms with Crippen molar-refractivity contribution in [2.75, 3.05) is 13.1 Å². The van der Waals surface area contributed by atoms with E-state index in [4.69, 9.17) is 0 Å². The van der Waals surface area contributed by atoms with E-state index in [0.29, 0.717) is 5.78 Å². The van der Waals surface area contributed by atoms with Crippen molar-refractivity contribution in [2.45, 2.75) is 57.9 Å². The lowest BCUT2D eigenvalue weighted by molar-refractivity contribution is -0.121. The number of Topliss-reactive ketones (excluding diaryl/α,β-unsaturated/α-hetero) is 1. The minimum Gasteiger partial charge on any atom is -0.300 e. The highest BCUT2D eigenvalue weighted by molar-refractivity contribution is 6.02. The van der Waals surface area contributed by atoms with Crippen LogP contribution in [0.15, 0.2) is 29.8 Å². The fourth-order valence-corrected chi connectivity index (χ4v) is 4.78. The predicted molar refractivity (Wildman–Crippen MR) is 112 cm³/mol. The second-order valence-corrected chi connectivity index (χ2v) is 8.05. The minimum atomic E-state index is 0. The van der Waals surface area contributed by atoms with Crippen LogP contribution >= 0.6 is 12.4 Å². The molecule has 1 saturated heterocycles. The van der Waals surface area contributed by atoms with Crippen LogP contribution in [-0.2, 0) is 4.79 Å². The van der Waals surface area contributed by atoms with Gasteiger partial charge in [0.05, 0.1) is 0 Å². The van der Waals surface area contributed by atoms with Gasteiger partial charge in [-0.05, 0) is 68.3 Å². The van der Waals surface area contributed by atoms with Crippen molar-refractivity contribution in [2.24, 2.45) is 5.92 Å². The van der Waals surface area contributed by atoms with Crippen LogP contribution in [0.3, 0.4) is 0 Å². The van der Waals surface area contributed by atoms with E-state index in [1.165, 1.54) is 55.3 Å². The van der Waals surface area contributed by atoms with Gasteiger partial charge in [-0.25, -0.2) is 0 Å². The molecule has 0 radical (unpaired) electrons. The SMILES string of the molecule is Cc1ccc2c(c1)C=CCC(C(=O)C1CCCN(C3CCCC3)C1)=C2.Cl. The number of hydrogen-bond acceptors (Lipinski definition) is 2. The number of hydrogen-bond donors (Lipinski definition) is 0. The zero-order valence-electron chi connectivity index (χ0n) is 15.7. The Morgan fingerprint density at radius 2 is 1.88 bits per heavy atom. The molecule has 1 heterocycles. The van der Waals surface area contributed by atoms with E-state index < -0.39 is 0 Å². The number of likely N-dealkylation sites (tertiary alicyclic amines) is 1. The Labute approximate surface area is 163 Å². The summed E-state index contributed by atoms with van der Waals surface area (Å²) in [6, 6.07) is 7.23. The first kappa shape index (κ1) is 19.4. The summed E-state index contributed by atoms with van der Waals surface area (Å²) < 4.78 is 0. The first-order chi connectivity index (χ1) is 12.2. The zero-order chi connectivity index (χ0) is 17.2. The number of aryl methyl sites for hydroxylation is 1. The quantitative estimate of drug-likeness (QED) is 0.705. The van der Waals surface area contributed by atoms with Crippen molar-refractivity contribution in [3.63, 3.8) is 0 Å². The van der Waals surface area contributed by atoms with Crippen LogP contribution in [0.1, 0.15) is 61.6 Å². The molecule has 1 saturated carbocycles. The summed E-state index contributed by atoms with van der Waals surface area (Å²) in [5, 5.41) is 0. The van der Waals surface area contributed by atoms with Crippen LogP contribution in [0.2, 0.25) is 0 Å². The van der Waals surface area contributed by atoms with Crippen LogP contribution in [0, 0.1) is 12.8 Å². The maximum Gasteiger partial charge on any atom is 0.163 e. The number of halogens is 1. The van der Waals surface area contributed by atoms with Gasteiger partial charge in [0, 0.05) is 18.5 Å². The molecule has 0 bridgehead atoms. The van der Waals surface area contributed by atoms with Gasteiger partial charge >= 0.3 is 0 Å². The van der Waals surface area contributed by atoms with E-state index in [9.17, 15) is 4.79 Å². The molecule has 2 aliphatic carbocycles. The van der Waals surface area contributed by atoms with Gasteiger partial charge in [-0.1, -0.05) is 48.8 Å². The highest BCUT2D eigenvalue weighted by Crippen LogP contribution is 2.31. The molecule has 3 heteroatoms. The largest absolute Gasteiger partial charge is 0.300 e. The zero-order valence-corrected chi connectivity index (χ0v) is 16.6. The summed E-state index contributed by atoms with van der Waals surface area (Å²) in [6.45, 7) is 4.29. The lowest BCUT2D eigenvalue weighted by Crippen LogP contribution is -2.43. The average Bonchev–Trinajstić information content (AvgIpc) is 3.09. The van der Waals surface area contributed by atoms with Crippen LogP contribution in [0.25, 0.3) is 12.2 Å². The third kappa shape index (κ3) is 4.13. The van der Waals surface area contributed by atoms with Crippen molar-refractivity contribution in [1.82, 2.24) is 4.90 Å². The molecule has 4 rings (SSSR count). The maximum atomic E-state index is 13.2. The Kier molecular flexibility index (Phi) is 6.37. The van der Waals surface area contributed by atoms with Gasteiger partial charge in [0.2, 0.25) is 0 Å². The maximum absolute atomic E-state index is 13.2. The normalized spacial score (nSPS) is 23.7. The second-order valence-electron chi connectivity index (χ2n) is 8.05. The predicted octanol–water partition coefficient (Wildman–Crippen LogP) is 5.44. The number of fused-ring (bicyclic) bond motifs is 1. The third-order valence-corrected chi connectivity index (χ3v) is 6.19. The molecule has 0 N–H and O–H groups in total. The highest BCUT2D eigenvalue weighted by Gasteiger charge is 2.32. The monoisotopic (exact) mass is 371 g/mol. The van der Waals surface area contributed by atoms with E-state index in [2.05, 4.69) is 48.3 Å². The highest BCUT2D eigenvalue weighted by atomic mass is 35.5. The summed E-state index contributed by atoms with van der Waals surface area (Å²) in [5.41, 5.74) is 4.69. The van der Waals surface area contributed by atoms with Gasteiger partial charge < -0.3 is 0 Å². The fourth-order valence-electron chi connectivity index (χ4n) is 4.78. The van der Waals surface area contributed by atoms with Crippen LogP contribution in [0.5, 0.6) is 0 Å². The summed E-state index contributed by atoms with van der Waals surface area (Å²) in [5.74, 6) is 0.585. The van der Waals surface area contributed by atoms with Gasteiger partial charge in [-0.2, -0.15) is 0 Å². The Morgan fingerprint density at radius 3 is 2.69 bits per heavy atom. The molecular formula is C23H30ClNO. The number of nitrogens with zero attached hydrogens (tertiary/aromatic N) is 1. The molecule has 2 nitrogen and oxygen atoms in total. The lowest BCUT2D eigenvalue weighted by Gasteiger charge is -2.36. The molecule has 1 aromatic rings. The Balaban J connectivity index is 0.00000196. The molecule has 0 spiro atoms. The van der Waals surface area contributed by atoms with Gasteiger partial charge in [0.15, 0.2) is 5.78 Å². The van der Waals surface area contributed by atoms with E-state index in [0.717, 1.165) is 31.0 Å². The molecule has 26 heavy (non-hydrogen) atoms. The molecule has 1 aromatic carbocycles. The average molecular weight is 372 g/mol. The summed E-state index contributed by atoms with van der Waals surface area (Å²) >= 11 is 0. The lowest BCUT2D eigenvalue weighted by atomic mass is 9.87. The summed E-state index contributed by atoms with van der Waals surface area (Å²) in [7, 11) is 0.